The van der Waals surface area contributed by atoms with E-state index in [2.05, 4.69) is 10.4 Å². The zero-order valence-corrected chi connectivity index (χ0v) is 14.7. The number of hydrogen-bond acceptors (Lipinski definition) is 8. The smallest absolute Gasteiger partial charge is 0.341 e. The lowest BCUT2D eigenvalue weighted by molar-refractivity contribution is -0.385. The Morgan fingerprint density at radius 3 is 2.69 bits per heavy atom. The molecule has 0 aromatic carbocycles. The van der Waals surface area contributed by atoms with E-state index in [1.165, 1.54) is 6.92 Å². The lowest BCUT2D eigenvalue weighted by Gasteiger charge is -2.07. The molecule has 2 heterocycles. The summed E-state index contributed by atoms with van der Waals surface area (Å²) in [7, 11) is 0. The van der Waals surface area contributed by atoms with Crippen molar-refractivity contribution < 1.29 is 24.0 Å². The molecular weight excluding hydrogens is 366 g/mol. The van der Waals surface area contributed by atoms with Crippen molar-refractivity contribution in [3.63, 3.8) is 0 Å². The number of nitro groups is 1. The van der Waals surface area contributed by atoms with Crippen LogP contribution in [0.5, 0.6) is 0 Å². The number of anilines is 1. The van der Waals surface area contributed by atoms with Crippen LogP contribution in [0.1, 0.15) is 32.5 Å². The third-order valence-electron chi connectivity index (χ3n) is 3.24. The van der Waals surface area contributed by atoms with Gasteiger partial charge >= 0.3 is 11.7 Å². The van der Waals surface area contributed by atoms with Gasteiger partial charge in [0, 0.05) is 0 Å². The Morgan fingerprint density at radius 2 is 2.15 bits per heavy atom. The molecule has 11 nitrogen and oxygen atoms in total. The third kappa shape index (κ3) is 4.03. The first-order valence-corrected chi connectivity index (χ1v) is 8.13. The minimum Gasteiger partial charge on any atom is -0.462 e. The molecule has 0 saturated carbocycles. The molecule has 0 fully saturated rings. The van der Waals surface area contributed by atoms with Crippen molar-refractivity contribution in [1.82, 2.24) is 9.78 Å². The highest BCUT2D eigenvalue weighted by Gasteiger charge is 2.25. The second kappa shape index (κ2) is 7.74. The minimum absolute atomic E-state index is 0.0467. The third-order valence-corrected chi connectivity index (χ3v) is 4.46. The molecule has 0 atom stereocenters. The van der Waals surface area contributed by atoms with Crippen LogP contribution in [0.4, 0.5) is 10.7 Å². The van der Waals surface area contributed by atoms with Gasteiger partial charge in [0.25, 0.3) is 5.91 Å². The largest absolute Gasteiger partial charge is 0.462 e. The Bertz CT molecular complexity index is 887. The number of carbonyl (C=O) groups excluding carboxylic acids is 3. The topological polar surface area (TPSA) is 159 Å². The Balaban J connectivity index is 2.24. The molecule has 2 aromatic rings. The van der Waals surface area contributed by atoms with Crippen LogP contribution in [0.2, 0.25) is 0 Å². The van der Waals surface area contributed by atoms with Gasteiger partial charge in [0.15, 0.2) is 0 Å². The molecular formula is C14H15N5O6S. The molecule has 2 amide bonds. The summed E-state index contributed by atoms with van der Waals surface area (Å²) in [6.45, 7) is 2.94. The highest BCUT2D eigenvalue weighted by molar-refractivity contribution is 7.18. The van der Waals surface area contributed by atoms with Gasteiger partial charge in [0.2, 0.25) is 5.91 Å². The standard InChI is InChI=1S/C14H15N5O6S/c1-3-25-14(22)10-7(2)11(12(15)21)26-13(10)17-9(20)6-18-5-8(4-16-18)19(23)24/h4-5H,3,6H2,1-2H3,(H2,15,21)(H,17,20). The average molecular weight is 381 g/mol. The molecule has 0 spiro atoms. The number of nitrogens with zero attached hydrogens (tertiary/aromatic N) is 3. The summed E-state index contributed by atoms with van der Waals surface area (Å²) in [4.78, 5) is 45.9. The number of rotatable bonds is 7. The molecule has 0 unspecified atom stereocenters. The lowest BCUT2D eigenvalue weighted by atomic mass is 10.1. The van der Waals surface area contributed by atoms with Crippen LogP contribution >= 0.6 is 11.3 Å². The first kappa shape index (κ1) is 19.1. The zero-order valence-electron chi connectivity index (χ0n) is 13.8. The molecule has 2 rings (SSSR count). The van der Waals surface area contributed by atoms with E-state index in [0.29, 0.717) is 5.56 Å². The van der Waals surface area contributed by atoms with Crippen LogP contribution in [-0.4, -0.2) is 39.1 Å². The number of hydrogen-bond donors (Lipinski definition) is 2. The van der Waals surface area contributed by atoms with Crippen molar-refractivity contribution in [3.8, 4) is 0 Å². The Morgan fingerprint density at radius 1 is 1.46 bits per heavy atom. The van der Waals surface area contributed by atoms with Crippen LogP contribution < -0.4 is 11.1 Å². The predicted molar refractivity (Wildman–Crippen MR) is 91.0 cm³/mol. The summed E-state index contributed by atoms with van der Waals surface area (Å²) < 4.78 is 6.02. The highest BCUT2D eigenvalue weighted by Crippen LogP contribution is 2.33. The molecule has 138 valence electrons. The van der Waals surface area contributed by atoms with E-state index in [1.807, 2.05) is 0 Å². The molecule has 0 radical (unpaired) electrons. The SMILES string of the molecule is CCOC(=O)c1c(NC(=O)Cn2cc([N+](=O)[O-])cn2)sc(C(N)=O)c1C. The first-order valence-electron chi connectivity index (χ1n) is 7.31. The second-order valence-electron chi connectivity index (χ2n) is 5.05. The maximum absolute atomic E-state index is 12.2. The van der Waals surface area contributed by atoms with E-state index in [4.69, 9.17) is 10.5 Å². The lowest BCUT2D eigenvalue weighted by Crippen LogP contribution is -2.20. The number of esters is 1. The number of carbonyl (C=O) groups is 3. The number of primary amides is 1. The number of thiophene rings is 1. The maximum atomic E-state index is 12.2. The monoisotopic (exact) mass is 381 g/mol. The number of nitrogens with one attached hydrogen (secondary N) is 1. The summed E-state index contributed by atoms with van der Waals surface area (Å²) in [6.07, 6.45) is 2.11. The summed E-state index contributed by atoms with van der Waals surface area (Å²) >= 11 is 0.852. The van der Waals surface area contributed by atoms with E-state index in [-0.39, 0.29) is 34.3 Å². The Labute approximate surface area is 150 Å². The molecule has 3 N–H and O–H groups in total. The van der Waals surface area contributed by atoms with Crippen LogP contribution in [0, 0.1) is 17.0 Å². The van der Waals surface area contributed by atoms with Crippen molar-refractivity contribution >= 4 is 39.8 Å². The van der Waals surface area contributed by atoms with Gasteiger partial charge < -0.3 is 15.8 Å². The Kier molecular flexibility index (Phi) is 5.67. The quantitative estimate of drug-likeness (QED) is 0.412. The molecule has 0 aliphatic heterocycles. The van der Waals surface area contributed by atoms with Crippen molar-refractivity contribution in [3.05, 3.63) is 38.5 Å². The average Bonchev–Trinajstić information content (AvgIpc) is 3.12. The number of amides is 2. The fourth-order valence-corrected chi connectivity index (χ4v) is 3.20. The predicted octanol–water partition coefficient (Wildman–Crippen LogP) is 1.08. The van der Waals surface area contributed by atoms with Crippen LogP contribution in [0.3, 0.4) is 0 Å². The highest BCUT2D eigenvalue weighted by atomic mass is 32.1. The van der Waals surface area contributed by atoms with Crippen LogP contribution in [0.15, 0.2) is 12.4 Å². The van der Waals surface area contributed by atoms with Gasteiger partial charge in [-0.2, -0.15) is 5.10 Å². The maximum Gasteiger partial charge on any atom is 0.341 e. The minimum atomic E-state index is -0.735. The fourth-order valence-electron chi connectivity index (χ4n) is 2.13. The van der Waals surface area contributed by atoms with Crippen molar-refractivity contribution in [2.24, 2.45) is 5.73 Å². The van der Waals surface area contributed by atoms with Gasteiger partial charge in [-0.05, 0) is 19.4 Å². The number of nitrogens with two attached hydrogens (primary N) is 1. The normalized spacial score (nSPS) is 10.4. The van der Waals surface area contributed by atoms with E-state index in [1.54, 1.807) is 6.92 Å². The van der Waals surface area contributed by atoms with Gasteiger partial charge in [-0.25, -0.2) is 4.79 Å². The van der Waals surface area contributed by atoms with Gasteiger partial charge in [0.05, 0.1) is 22.0 Å². The summed E-state index contributed by atoms with van der Waals surface area (Å²) in [5.41, 5.74) is 5.39. The van der Waals surface area contributed by atoms with Gasteiger partial charge in [-0.15, -0.1) is 11.3 Å². The summed E-state index contributed by atoms with van der Waals surface area (Å²) in [5, 5.41) is 16.9. The number of aromatic nitrogens is 2. The first-order chi connectivity index (χ1) is 12.2. The van der Waals surface area contributed by atoms with E-state index in [9.17, 15) is 24.5 Å². The molecule has 2 aromatic heterocycles. The van der Waals surface area contributed by atoms with E-state index >= 15 is 0 Å². The fraction of sp³-hybridized carbons (Fsp3) is 0.286. The molecule has 26 heavy (non-hydrogen) atoms. The molecule has 0 bridgehead atoms. The van der Waals surface area contributed by atoms with Gasteiger partial charge in [0.1, 0.15) is 23.9 Å². The number of ether oxygens (including phenoxy) is 1. The van der Waals surface area contributed by atoms with Crippen molar-refractivity contribution in [2.45, 2.75) is 20.4 Å². The molecule has 0 aliphatic carbocycles. The van der Waals surface area contributed by atoms with E-state index in [0.717, 1.165) is 28.4 Å². The molecule has 0 aliphatic rings. The zero-order chi connectivity index (χ0) is 19.4. The van der Waals surface area contributed by atoms with Crippen molar-refractivity contribution in [2.75, 3.05) is 11.9 Å². The van der Waals surface area contributed by atoms with Crippen LogP contribution in [-0.2, 0) is 16.1 Å². The summed E-state index contributed by atoms with van der Waals surface area (Å²) in [5.74, 6) is -2.02. The van der Waals surface area contributed by atoms with Gasteiger partial charge in [-0.3, -0.25) is 24.4 Å². The summed E-state index contributed by atoms with van der Waals surface area (Å²) in [6, 6.07) is 0. The molecule has 12 heteroatoms. The Hall–Kier alpha value is -3.28. The van der Waals surface area contributed by atoms with Gasteiger partial charge in [-0.1, -0.05) is 0 Å². The van der Waals surface area contributed by atoms with Crippen molar-refractivity contribution in [1.29, 1.82) is 0 Å². The van der Waals surface area contributed by atoms with Crippen LogP contribution in [0.25, 0.3) is 0 Å². The molecule has 0 saturated heterocycles. The van der Waals surface area contributed by atoms with E-state index < -0.39 is 22.7 Å². The second-order valence-corrected chi connectivity index (χ2v) is 6.07.